The molecule has 1 atom stereocenters. The van der Waals surface area contributed by atoms with E-state index in [4.69, 9.17) is 5.73 Å². The Morgan fingerprint density at radius 2 is 2.27 bits per heavy atom. The third-order valence-corrected chi connectivity index (χ3v) is 2.82. The number of halogens is 2. The molecule has 0 saturated carbocycles. The van der Waals surface area contributed by atoms with Gasteiger partial charge in [0.15, 0.2) is 0 Å². The van der Waals surface area contributed by atoms with Gasteiger partial charge in [0, 0.05) is 11.6 Å². The minimum Gasteiger partial charge on any atom is -0.506 e. The van der Waals surface area contributed by atoms with Crippen molar-refractivity contribution in [3.8, 4) is 5.75 Å². The maximum atomic E-state index is 13.0. The molecule has 82 valence electrons. The summed E-state index contributed by atoms with van der Waals surface area (Å²) in [5.41, 5.74) is 7.29. The molecule has 4 heteroatoms. The van der Waals surface area contributed by atoms with Crippen molar-refractivity contribution in [2.24, 2.45) is 5.73 Å². The van der Waals surface area contributed by atoms with Crippen LogP contribution in [0.2, 0.25) is 0 Å². The maximum Gasteiger partial charge on any atom is 0.141 e. The summed E-state index contributed by atoms with van der Waals surface area (Å²) in [4.78, 5) is 0. The van der Waals surface area contributed by atoms with Crippen LogP contribution in [0, 0.1) is 5.82 Å². The Labute approximate surface area is 96.7 Å². The van der Waals surface area contributed by atoms with Gasteiger partial charge in [-0.15, -0.1) is 6.58 Å². The van der Waals surface area contributed by atoms with E-state index in [1.807, 2.05) is 6.92 Å². The first kappa shape index (κ1) is 12.2. The molecular formula is C11H13BrFNO. The Morgan fingerprint density at radius 3 is 2.80 bits per heavy atom. The van der Waals surface area contributed by atoms with Crippen LogP contribution in [0.1, 0.15) is 24.9 Å². The largest absolute Gasteiger partial charge is 0.506 e. The molecule has 1 aromatic rings. The van der Waals surface area contributed by atoms with Gasteiger partial charge >= 0.3 is 0 Å². The summed E-state index contributed by atoms with van der Waals surface area (Å²) in [6.45, 7) is 5.60. The summed E-state index contributed by atoms with van der Waals surface area (Å²) in [6, 6.07) is 2.40. The molecule has 0 amide bonds. The number of phenolic OH excluding ortho intramolecular Hbond substituents is 1. The van der Waals surface area contributed by atoms with Crippen LogP contribution in [0.25, 0.3) is 0 Å². The second kappa shape index (κ2) is 4.77. The standard InChI is InChI=1S/C11H13BrFNO/c1-6(2)5-9(14)7-3-4-8(13)10(12)11(7)15/h3-4,9,15H,1,5,14H2,2H3/t9-/m0/s1. The van der Waals surface area contributed by atoms with Crippen LogP contribution < -0.4 is 5.73 Å². The van der Waals surface area contributed by atoms with E-state index in [1.54, 1.807) is 0 Å². The molecule has 0 saturated heterocycles. The van der Waals surface area contributed by atoms with E-state index >= 15 is 0 Å². The third-order valence-electron chi connectivity index (χ3n) is 2.07. The molecule has 0 aliphatic heterocycles. The van der Waals surface area contributed by atoms with E-state index in [1.165, 1.54) is 12.1 Å². The van der Waals surface area contributed by atoms with Crippen LogP contribution in [-0.2, 0) is 0 Å². The predicted octanol–water partition coefficient (Wildman–Crippen LogP) is 3.26. The smallest absolute Gasteiger partial charge is 0.141 e. The van der Waals surface area contributed by atoms with Gasteiger partial charge in [-0.25, -0.2) is 4.39 Å². The number of hydrogen-bond acceptors (Lipinski definition) is 2. The van der Waals surface area contributed by atoms with Crippen LogP contribution in [0.3, 0.4) is 0 Å². The summed E-state index contributed by atoms with van der Waals surface area (Å²) >= 11 is 2.96. The molecule has 2 nitrogen and oxygen atoms in total. The lowest BCUT2D eigenvalue weighted by Gasteiger charge is -2.14. The minimum absolute atomic E-state index is 0.0529. The Balaban J connectivity index is 3.05. The van der Waals surface area contributed by atoms with E-state index in [0.717, 1.165) is 5.57 Å². The molecule has 0 unspecified atom stereocenters. The van der Waals surface area contributed by atoms with Gasteiger partial charge in [-0.1, -0.05) is 11.6 Å². The fourth-order valence-corrected chi connectivity index (χ4v) is 1.70. The second-order valence-corrected chi connectivity index (χ2v) is 4.36. The average molecular weight is 274 g/mol. The summed E-state index contributed by atoms with van der Waals surface area (Å²) < 4.78 is 13.1. The van der Waals surface area contributed by atoms with Gasteiger partial charge in [0.2, 0.25) is 0 Å². The molecular weight excluding hydrogens is 261 g/mol. The summed E-state index contributed by atoms with van der Waals surface area (Å²) in [5, 5.41) is 9.67. The summed E-state index contributed by atoms with van der Waals surface area (Å²) in [5.74, 6) is -0.637. The van der Waals surface area contributed by atoms with E-state index < -0.39 is 5.82 Å². The number of hydrogen-bond donors (Lipinski definition) is 2. The molecule has 0 aromatic heterocycles. The van der Waals surface area contributed by atoms with Crippen molar-refractivity contribution in [3.05, 3.63) is 40.1 Å². The van der Waals surface area contributed by atoms with Crippen molar-refractivity contribution in [2.75, 3.05) is 0 Å². The number of benzene rings is 1. The lowest BCUT2D eigenvalue weighted by molar-refractivity contribution is 0.450. The first-order valence-corrected chi connectivity index (χ1v) is 5.29. The zero-order valence-electron chi connectivity index (χ0n) is 8.43. The highest BCUT2D eigenvalue weighted by atomic mass is 79.9. The zero-order chi connectivity index (χ0) is 11.6. The molecule has 1 aromatic carbocycles. The maximum absolute atomic E-state index is 13.0. The number of nitrogens with two attached hydrogens (primary N) is 1. The van der Waals surface area contributed by atoms with Crippen LogP contribution in [0.5, 0.6) is 5.75 Å². The monoisotopic (exact) mass is 273 g/mol. The third kappa shape index (κ3) is 2.79. The highest BCUT2D eigenvalue weighted by Crippen LogP contribution is 2.34. The van der Waals surface area contributed by atoms with E-state index in [-0.39, 0.29) is 16.3 Å². The van der Waals surface area contributed by atoms with Crippen molar-refractivity contribution in [3.63, 3.8) is 0 Å². The molecule has 15 heavy (non-hydrogen) atoms. The average Bonchev–Trinajstić information content (AvgIpc) is 2.13. The van der Waals surface area contributed by atoms with Crippen molar-refractivity contribution in [2.45, 2.75) is 19.4 Å². The molecule has 0 radical (unpaired) electrons. The van der Waals surface area contributed by atoms with Crippen molar-refractivity contribution in [1.29, 1.82) is 0 Å². The number of phenols is 1. The van der Waals surface area contributed by atoms with Gasteiger partial charge < -0.3 is 10.8 Å². The fraction of sp³-hybridized carbons (Fsp3) is 0.273. The molecule has 0 bridgehead atoms. The van der Waals surface area contributed by atoms with Gasteiger partial charge in [-0.2, -0.15) is 0 Å². The Hall–Kier alpha value is -0.870. The molecule has 0 aliphatic carbocycles. The molecule has 0 fully saturated rings. The van der Waals surface area contributed by atoms with Crippen LogP contribution >= 0.6 is 15.9 Å². The lowest BCUT2D eigenvalue weighted by atomic mass is 10.0. The first-order chi connectivity index (χ1) is 6.93. The molecule has 1 rings (SSSR count). The van der Waals surface area contributed by atoms with Crippen LogP contribution in [0.4, 0.5) is 4.39 Å². The van der Waals surface area contributed by atoms with E-state index in [9.17, 15) is 9.50 Å². The molecule has 0 aliphatic rings. The van der Waals surface area contributed by atoms with Crippen molar-refractivity contribution in [1.82, 2.24) is 0 Å². The van der Waals surface area contributed by atoms with Crippen LogP contribution in [-0.4, -0.2) is 5.11 Å². The van der Waals surface area contributed by atoms with Gasteiger partial charge in [0.25, 0.3) is 0 Å². The molecule has 0 heterocycles. The van der Waals surface area contributed by atoms with Crippen molar-refractivity contribution < 1.29 is 9.50 Å². The Bertz CT molecular complexity index is 392. The van der Waals surface area contributed by atoms with Gasteiger partial charge in [0.05, 0.1) is 4.47 Å². The normalized spacial score (nSPS) is 12.5. The van der Waals surface area contributed by atoms with Gasteiger partial charge in [-0.3, -0.25) is 0 Å². The summed E-state index contributed by atoms with van der Waals surface area (Å²) in [6.07, 6.45) is 0.561. The lowest BCUT2D eigenvalue weighted by Crippen LogP contribution is -2.11. The number of rotatable bonds is 3. The minimum atomic E-state index is -0.501. The van der Waals surface area contributed by atoms with Crippen molar-refractivity contribution >= 4 is 15.9 Å². The van der Waals surface area contributed by atoms with Crippen LogP contribution in [0.15, 0.2) is 28.8 Å². The van der Waals surface area contributed by atoms with E-state index in [2.05, 4.69) is 22.5 Å². The van der Waals surface area contributed by atoms with Gasteiger partial charge in [-0.05, 0) is 35.3 Å². The molecule has 3 N–H and O–H groups in total. The number of aromatic hydroxyl groups is 1. The Kier molecular flexibility index (Phi) is 3.88. The second-order valence-electron chi connectivity index (χ2n) is 3.57. The Morgan fingerprint density at radius 1 is 1.67 bits per heavy atom. The summed E-state index contributed by atoms with van der Waals surface area (Å²) in [7, 11) is 0. The first-order valence-electron chi connectivity index (χ1n) is 4.50. The highest BCUT2D eigenvalue weighted by Gasteiger charge is 2.15. The van der Waals surface area contributed by atoms with Gasteiger partial charge in [0.1, 0.15) is 11.6 Å². The predicted molar refractivity (Wildman–Crippen MR) is 62.1 cm³/mol. The quantitative estimate of drug-likeness (QED) is 0.831. The molecule has 0 spiro atoms. The fourth-order valence-electron chi connectivity index (χ4n) is 1.34. The topological polar surface area (TPSA) is 46.2 Å². The van der Waals surface area contributed by atoms with E-state index in [0.29, 0.717) is 12.0 Å². The zero-order valence-corrected chi connectivity index (χ0v) is 10.0. The SMILES string of the molecule is C=C(C)C[C@H](N)c1ccc(F)c(Br)c1O. The highest BCUT2D eigenvalue weighted by molar-refractivity contribution is 9.10.